The smallest absolute Gasteiger partial charge is 0.327 e. The molecule has 0 amide bonds. The molecule has 0 saturated carbocycles. The summed E-state index contributed by atoms with van der Waals surface area (Å²) >= 11 is 0. The Morgan fingerprint density at radius 1 is 1.39 bits per heavy atom. The van der Waals surface area contributed by atoms with Gasteiger partial charge in [-0.25, -0.2) is 0 Å². The molecule has 18 heavy (non-hydrogen) atoms. The van der Waals surface area contributed by atoms with Gasteiger partial charge in [-0.05, 0) is 12.1 Å². The van der Waals surface area contributed by atoms with Crippen LogP contribution >= 0.6 is 0 Å². The molecular formula is C11H15FN2O4. The van der Waals surface area contributed by atoms with Crippen molar-refractivity contribution < 1.29 is 18.8 Å². The fraction of sp³-hybridized carbons (Fsp3) is 0.455. The molecule has 6 nitrogen and oxygen atoms in total. The van der Waals surface area contributed by atoms with Gasteiger partial charge in [0.1, 0.15) is 5.69 Å². The van der Waals surface area contributed by atoms with Gasteiger partial charge in [-0.1, -0.05) is 6.07 Å². The molecule has 1 N–H and O–H groups in total. The van der Waals surface area contributed by atoms with Gasteiger partial charge in [0.25, 0.3) is 0 Å². The van der Waals surface area contributed by atoms with Crippen molar-refractivity contribution in [3.05, 3.63) is 34.1 Å². The summed E-state index contributed by atoms with van der Waals surface area (Å²) in [4.78, 5) is 9.95. The number of hydrogen-bond acceptors (Lipinski definition) is 5. The van der Waals surface area contributed by atoms with E-state index in [2.05, 4.69) is 5.32 Å². The number of hydrogen-bond donors (Lipinski definition) is 1. The summed E-state index contributed by atoms with van der Waals surface area (Å²) in [6, 6.07) is 3.92. The largest absolute Gasteiger partial charge is 0.382 e. The molecule has 100 valence electrons. The number of nitrogens with zero attached hydrogens (tertiary/aromatic N) is 1. The highest BCUT2D eigenvalue weighted by Gasteiger charge is 2.19. The lowest BCUT2D eigenvalue weighted by molar-refractivity contribution is -0.386. The molecule has 0 unspecified atom stereocenters. The number of methoxy groups -OCH3 is 1. The van der Waals surface area contributed by atoms with Crippen LogP contribution in [-0.4, -0.2) is 38.4 Å². The molecule has 0 aliphatic rings. The van der Waals surface area contributed by atoms with E-state index in [0.29, 0.717) is 26.4 Å². The van der Waals surface area contributed by atoms with Crippen LogP contribution in [0.4, 0.5) is 15.8 Å². The van der Waals surface area contributed by atoms with Crippen molar-refractivity contribution in [2.75, 3.05) is 38.8 Å². The third-order valence-corrected chi connectivity index (χ3v) is 2.16. The minimum atomic E-state index is -0.856. The molecule has 1 aromatic rings. The van der Waals surface area contributed by atoms with Crippen molar-refractivity contribution in [1.29, 1.82) is 0 Å². The van der Waals surface area contributed by atoms with Crippen LogP contribution in [0, 0.1) is 15.9 Å². The molecular weight excluding hydrogens is 243 g/mol. The molecule has 0 fully saturated rings. The van der Waals surface area contributed by atoms with Gasteiger partial charge in [0.05, 0.1) is 24.7 Å². The first-order valence-electron chi connectivity index (χ1n) is 5.40. The lowest BCUT2D eigenvalue weighted by atomic mass is 10.2. The zero-order chi connectivity index (χ0) is 13.4. The summed E-state index contributed by atoms with van der Waals surface area (Å²) in [5, 5.41) is 13.5. The van der Waals surface area contributed by atoms with Crippen molar-refractivity contribution in [2.24, 2.45) is 0 Å². The van der Waals surface area contributed by atoms with Crippen molar-refractivity contribution in [2.45, 2.75) is 0 Å². The lowest BCUT2D eigenvalue weighted by Gasteiger charge is -2.07. The molecule has 1 rings (SSSR count). The Labute approximate surface area is 104 Å². The summed E-state index contributed by atoms with van der Waals surface area (Å²) in [5.74, 6) is -0.856. The zero-order valence-electron chi connectivity index (χ0n) is 10.0. The van der Waals surface area contributed by atoms with E-state index in [9.17, 15) is 14.5 Å². The summed E-state index contributed by atoms with van der Waals surface area (Å²) in [5.41, 5.74) is -0.398. The number of rotatable bonds is 8. The third-order valence-electron chi connectivity index (χ3n) is 2.16. The zero-order valence-corrected chi connectivity index (χ0v) is 10.0. The Bertz CT molecular complexity index is 401. The molecule has 0 radical (unpaired) electrons. The number of nitro groups is 1. The quantitative estimate of drug-likeness (QED) is 0.437. The molecule has 0 aromatic heterocycles. The first-order valence-corrected chi connectivity index (χ1v) is 5.40. The Hall–Kier alpha value is -1.73. The normalized spacial score (nSPS) is 10.3. The van der Waals surface area contributed by atoms with Crippen LogP contribution in [0.25, 0.3) is 0 Å². The van der Waals surface area contributed by atoms with Crippen LogP contribution in [0.1, 0.15) is 0 Å². The van der Waals surface area contributed by atoms with Gasteiger partial charge in [0.2, 0.25) is 5.82 Å². The Kier molecular flexibility index (Phi) is 6.03. The molecule has 0 saturated heterocycles. The number of benzene rings is 1. The molecule has 0 aliphatic heterocycles. The van der Waals surface area contributed by atoms with E-state index >= 15 is 0 Å². The van der Waals surface area contributed by atoms with Gasteiger partial charge in [-0.15, -0.1) is 0 Å². The third kappa shape index (κ3) is 4.27. The van der Waals surface area contributed by atoms with Crippen molar-refractivity contribution in [3.8, 4) is 0 Å². The standard InChI is InChI=1S/C11H15FN2O4/c1-17-7-8-18-6-5-13-10-4-2-3-9(12)11(10)14(15)16/h2-4,13H,5-8H2,1H3. The van der Waals surface area contributed by atoms with E-state index in [1.165, 1.54) is 12.1 Å². The Morgan fingerprint density at radius 3 is 2.83 bits per heavy atom. The van der Waals surface area contributed by atoms with E-state index < -0.39 is 16.4 Å². The fourth-order valence-corrected chi connectivity index (χ4v) is 1.35. The predicted octanol–water partition coefficient (Wildman–Crippen LogP) is 1.81. The van der Waals surface area contributed by atoms with Crippen LogP contribution in [-0.2, 0) is 9.47 Å². The van der Waals surface area contributed by atoms with Crippen molar-refractivity contribution >= 4 is 11.4 Å². The molecule has 0 bridgehead atoms. The topological polar surface area (TPSA) is 73.6 Å². The molecule has 7 heteroatoms. The minimum Gasteiger partial charge on any atom is -0.382 e. The van der Waals surface area contributed by atoms with Crippen molar-refractivity contribution in [3.63, 3.8) is 0 Å². The summed E-state index contributed by atoms with van der Waals surface area (Å²) in [6.45, 7) is 1.65. The highest BCUT2D eigenvalue weighted by molar-refractivity contribution is 5.61. The van der Waals surface area contributed by atoms with E-state index in [-0.39, 0.29) is 5.69 Å². The Balaban J connectivity index is 2.47. The average Bonchev–Trinajstić information content (AvgIpc) is 2.33. The predicted molar refractivity (Wildman–Crippen MR) is 64.2 cm³/mol. The van der Waals surface area contributed by atoms with E-state index in [1.807, 2.05) is 0 Å². The number of halogens is 1. The lowest BCUT2D eigenvalue weighted by Crippen LogP contribution is -2.13. The molecule has 0 heterocycles. The van der Waals surface area contributed by atoms with Crippen LogP contribution in [0.15, 0.2) is 18.2 Å². The number of anilines is 1. The second-order valence-electron chi connectivity index (χ2n) is 3.43. The van der Waals surface area contributed by atoms with Crippen molar-refractivity contribution in [1.82, 2.24) is 0 Å². The summed E-state index contributed by atoms with van der Waals surface area (Å²) < 4.78 is 23.2. The first-order chi connectivity index (χ1) is 8.66. The van der Waals surface area contributed by atoms with Crippen LogP contribution in [0.2, 0.25) is 0 Å². The van der Waals surface area contributed by atoms with Gasteiger partial charge >= 0.3 is 5.69 Å². The van der Waals surface area contributed by atoms with Crippen LogP contribution < -0.4 is 5.32 Å². The molecule has 1 aromatic carbocycles. The van der Waals surface area contributed by atoms with E-state index in [0.717, 1.165) is 6.07 Å². The van der Waals surface area contributed by atoms with Gasteiger partial charge in [0, 0.05) is 13.7 Å². The van der Waals surface area contributed by atoms with Gasteiger partial charge in [-0.3, -0.25) is 10.1 Å². The summed E-state index contributed by atoms with van der Waals surface area (Å²) in [6.07, 6.45) is 0. The maximum Gasteiger partial charge on any atom is 0.327 e. The number of ether oxygens (including phenoxy) is 2. The Morgan fingerprint density at radius 2 is 2.17 bits per heavy atom. The molecule has 0 atom stereocenters. The molecule has 0 spiro atoms. The second-order valence-corrected chi connectivity index (χ2v) is 3.43. The maximum absolute atomic E-state index is 13.2. The average molecular weight is 258 g/mol. The maximum atomic E-state index is 13.2. The minimum absolute atomic E-state index is 0.148. The second kappa shape index (κ2) is 7.57. The van der Waals surface area contributed by atoms with E-state index in [4.69, 9.17) is 9.47 Å². The van der Waals surface area contributed by atoms with Crippen LogP contribution in [0.3, 0.4) is 0 Å². The number of nitro benzene ring substituents is 1. The molecule has 0 aliphatic carbocycles. The fourth-order valence-electron chi connectivity index (χ4n) is 1.35. The first kappa shape index (κ1) is 14.3. The number of para-hydroxylation sites is 1. The number of nitrogens with one attached hydrogen (secondary N) is 1. The van der Waals surface area contributed by atoms with Gasteiger partial charge in [0.15, 0.2) is 0 Å². The monoisotopic (exact) mass is 258 g/mol. The van der Waals surface area contributed by atoms with E-state index in [1.54, 1.807) is 7.11 Å². The highest BCUT2D eigenvalue weighted by Crippen LogP contribution is 2.26. The SMILES string of the molecule is COCCOCCNc1cccc(F)c1[N+](=O)[O-]. The summed E-state index contributed by atoms with van der Waals surface area (Å²) in [7, 11) is 1.57. The van der Waals surface area contributed by atoms with Gasteiger partial charge < -0.3 is 14.8 Å². The van der Waals surface area contributed by atoms with Gasteiger partial charge in [-0.2, -0.15) is 4.39 Å². The van der Waals surface area contributed by atoms with Crippen LogP contribution in [0.5, 0.6) is 0 Å². The highest BCUT2D eigenvalue weighted by atomic mass is 19.1.